The predicted octanol–water partition coefficient (Wildman–Crippen LogP) is 1.57. The van der Waals surface area contributed by atoms with Crippen molar-refractivity contribution in [3.63, 3.8) is 0 Å². The van der Waals surface area contributed by atoms with Gasteiger partial charge in [0.1, 0.15) is 5.69 Å². The van der Waals surface area contributed by atoms with Crippen molar-refractivity contribution < 1.29 is 14.3 Å². The van der Waals surface area contributed by atoms with Crippen LogP contribution in [-0.4, -0.2) is 90.0 Å². The van der Waals surface area contributed by atoms with Gasteiger partial charge in [0.15, 0.2) is 0 Å². The van der Waals surface area contributed by atoms with Crippen LogP contribution in [0.1, 0.15) is 41.9 Å². The third-order valence-electron chi connectivity index (χ3n) is 6.50. The maximum absolute atomic E-state index is 12.9. The molecule has 158 valence electrons. The number of piperidine rings is 2. The van der Waals surface area contributed by atoms with Crippen LogP contribution in [0.4, 0.5) is 0 Å². The van der Waals surface area contributed by atoms with E-state index in [2.05, 4.69) is 9.88 Å². The fraction of sp³-hybridized carbons (Fsp3) is 0.682. The van der Waals surface area contributed by atoms with Crippen LogP contribution in [0.3, 0.4) is 0 Å². The number of carbonyl (C=O) groups is 2. The lowest BCUT2D eigenvalue weighted by Gasteiger charge is -2.43. The van der Waals surface area contributed by atoms with Crippen LogP contribution in [0.25, 0.3) is 0 Å². The van der Waals surface area contributed by atoms with E-state index in [1.807, 2.05) is 28.9 Å². The number of morpholine rings is 1. The molecule has 4 heterocycles. The van der Waals surface area contributed by atoms with E-state index >= 15 is 0 Å². The average molecular weight is 401 g/mol. The van der Waals surface area contributed by atoms with E-state index in [-0.39, 0.29) is 11.8 Å². The van der Waals surface area contributed by atoms with E-state index in [0.29, 0.717) is 30.9 Å². The molecule has 0 N–H and O–H groups in total. The number of hydrogen-bond acceptors (Lipinski definition) is 5. The molecule has 0 bridgehead atoms. The molecular formula is C22H32N4O3. The van der Waals surface area contributed by atoms with Gasteiger partial charge in [-0.25, -0.2) is 4.98 Å². The zero-order valence-electron chi connectivity index (χ0n) is 17.4. The van der Waals surface area contributed by atoms with Gasteiger partial charge in [-0.2, -0.15) is 0 Å². The number of rotatable bonds is 3. The Labute approximate surface area is 173 Å². The summed E-state index contributed by atoms with van der Waals surface area (Å²) in [5, 5.41) is 0. The lowest BCUT2D eigenvalue weighted by molar-refractivity contribution is -0.141. The third kappa shape index (κ3) is 4.78. The molecule has 0 radical (unpaired) electrons. The zero-order valence-corrected chi connectivity index (χ0v) is 17.4. The molecule has 3 saturated heterocycles. The second kappa shape index (κ2) is 9.22. The van der Waals surface area contributed by atoms with Crippen molar-refractivity contribution in [3.8, 4) is 0 Å². The highest BCUT2D eigenvalue weighted by atomic mass is 16.5. The van der Waals surface area contributed by atoms with Gasteiger partial charge in [0.05, 0.1) is 19.1 Å². The Hall–Kier alpha value is -1.99. The highest BCUT2D eigenvalue weighted by Gasteiger charge is 2.34. The van der Waals surface area contributed by atoms with E-state index in [4.69, 9.17) is 4.74 Å². The van der Waals surface area contributed by atoms with E-state index in [9.17, 15) is 9.59 Å². The molecule has 7 heteroatoms. The van der Waals surface area contributed by atoms with E-state index in [0.717, 1.165) is 70.6 Å². The number of nitrogens with zero attached hydrogens (tertiary/aromatic N) is 4. The molecule has 0 spiro atoms. The molecule has 0 unspecified atom stereocenters. The predicted molar refractivity (Wildman–Crippen MR) is 110 cm³/mol. The van der Waals surface area contributed by atoms with E-state index in [1.165, 1.54) is 0 Å². The Kier molecular flexibility index (Phi) is 6.45. The first-order chi connectivity index (χ1) is 14.1. The summed E-state index contributed by atoms with van der Waals surface area (Å²) >= 11 is 0. The average Bonchev–Trinajstić information content (AvgIpc) is 2.79. The molecule has 2 amide bonds. The maximum Gasteiger partial charge on any atom is 0.272 e. The molecule has 0 aromatic carbocycles. The summed E-state index contributed by atoms with van der Waals surface area (Å²) in [7, 11) is 0. The van der Waals surface area contributed by atoms with Crippen molar-refractivity contribution in [2.24, 2.45) is 5.92 Å². The number of aryl methyl sites for hydroxylation is 1. The standard InChI is InChI=1S/C22H32N4O3/c1-17-4-2-6-20(23-17)22(28)24-10-7-19(8-11-24)26-9-3-5-18(16-26)21(27)25-12-14-29-15-13-25/h2,4,6,18-19H,3,5,7-16H2,1H3/t18-/m1/s1. The summed E-state index contributed by atoms with van der Waals surface area (Å²) in [6.45, 7) is 8.11. The van der Waals surface area contributed by atoms with Crippen molar-refractivity contribution in [2.75, 3.05) is 52.5 Å². The molecule has 3 fully saturated rings. The van der Waals surface area contributed by atoms with Crippen LogP contribution in [0.2, 0.25) is 0 Å². The van der Waals surface area contributed by atoms with Gasteiger partial charge in [0.2, 0.25) is 5.91 Å². The fourth-order valence-corrected chi connectivity index (χ4v) is 4.84. The van der Waals surface area contributed by atoms with Gasteiger partial charge in [0.25, 0.3) is 5.91 Å². The second-order valence-corrected chi connectivity index (χ2v) is 8.46. The molecule has 0 saturated carbocycles. The quantitative estimate of drug-likeness (QED) is 0.771. The number of carbonyl (C=O) groups excluding carboxylic acids is 2. The zero-order chi connectivity index (χ0) is 20.2. The lowest BCUT2D eigenvalue weighted by Crippen LogP contribution is -2.53. The summed E-state index contributed by atoms with van der Waals surface area (Å²) in [5.74, 6) is 0.445. The number of ether oxygens (including phenoxy) is 1. The molecule has 3 aliphatic rings. The highest BCUT2D eigenvalue weighted by molar-refractivity contribution is 5.92. The number of pyridine rings is 1. The largest absolute Gasteiger partial charge is 0.378 e. The number of aromatic nitrogens is 1. The minimum Gasteiger partial charge on any atom is -0.378 e. The lowest BCUT2D eigenvalue weighted by atomic mass is 9.92. The van der Waals surface area contributed by atoms with Crippen LogP contribution in [0.15, 0.2) is 18.2 Å². The smallest absolute Gasteiger partial charge is 0.272 e. The van der Waals surface area contributed by atoms with E-state index < -0.39 is 0 Å². The van der Waals surface area contributed by atoms with Gasteiger partial charge in [-0.15, -0.1) is 0 Å². The topological polar surface area (TPSA) is 66.0 Å². The summed E-state index contributed by atoms with van der Waals surface area (Å²) in [4.78, 5) is 36.4. The first kappa shape index (κ1) is 20.3. The Balaban J connectivity index is 1.30. The second-order valence-electron chi connectivity index (χ2n) is 8.46. The first-order valence-electron chi connectivity index (χ1n) is 11.0. The molecule has 7 nitrogen and oxygen atoms in total. The molecule has 1 aromatic heterocycles. The van der Waals surface area contributed by atoms with Crippen molar-refractivity contribution >= 4 is 11.8 Å². The summed E-state index contributed by atoms with van der Waals surface area (Å²) in [5.41, 5.74) is 1.41. The molecule has 4 rings (SSSR count). The SMILES string of the molecule is Cc1cccc(C(=O)N2CCC(N3CCC[C@@H](C(=O)N4CCOCC4)C3)CC2)n1. The number of hydrogen-bond donors (Lipinski definition) is 0. The van der Waals surface area contributed by atoms with Crippen LogP contribution >= 0.6 is 0 Å². The molecule has 3 aliphatic heterocycles. The van der Waals surface area contributed by atoms with Crippen LogP contribution in [-0.2, 0) is 9.53 Å². The Morgan fingerprint density at radius 1 is 1.00 bits per heavy atom. The van der Waals surface area contributed by atoms with Gasteiger partial charge in [-0.3, -0.25) is 14.5 Å². The fourth-order valence-electron chi connectivity index (χ4n) is 4.84. The van der Waals surface area contributed by atoms with E-state index in [1.54, 1.807) is 6.07 Å². The molecule has 0 aliphatic carbocycles. The number of amides is 2. The van der Waals surface area contributed by atoms with Gasteiger partial charge in [-0.05, 0) is 51.3 Å². The van der Waals surface area contributed by atoms with Crippen molar-refractivity contribution in [1.29, 1.82) is 0 Å². The Bertz CT molecular complexity index is 727. The minimum absolute atomic E-state index is 0.0335. The van der Waals surface area contributed by atoms with Gasteiger partial charge < -0.3 is 14.5 Å². The Morgan fingerprint density at radius 2 is 1.76 bits per heavy atom. The maximum atomic E-state index is 12.9. The monoisotopic (exact) mass is 400 g/mol. The van der Waals surface area contributed by atoms with Crippen LogP contribution in [0.5, 0.6) is 0 Å². The first-order valence-corrected chi connectivity index (χ1v) is 11.0. The molecular weight excluding hydrogens is 368 g/mol. The third-order valence-corrected chi connectivity index (χ3v) is 6.50. The summed E-state index contributed by atoms with van der Waals surface area (Å²) in [6.07, 6.45) is 4.00. The summed E-state index contributed by atoms with van der Waals surface area (Å²) < 4.78 is 5.38. The Morgan fingerprint density at radius 3 is 2.48 bits per heavy atom. The van der Waals surface area contributed by atoms with Crippen LogP contribution in [0, 0.1) is 12.8 Å². The van der Waals surface area contributed by atoms with Crippen LogP contribution < -0.4 is 0 Å². The molecule has 29 heavy (non-hydrogen) atoms. The van der Waals surface area contributed by atoms with Gasteiger partial charge >= 0.3 is 0 Å². The van der Waals surface area contributed by atoms with Gasteiger partial charge in [-0.1, -0.05) is 6.07 Å². The van der Waals surface area contributed by atoms with Crippen molar-refractivity contribution in [3.05, 3.63) is 29.6 Å². The minimum atomic E-state index is 0.0335. The van der Waals surface area contributed by atoms with Crippen molar-refractivity contribution in [2.45, 2.75) is 38.6 Å². The molecule has 1 atom stereocenters. The summed E-state index contributed by atoms with van der Waals surface area (Å²) in [6, 6.07) is 6.06. The van der Waals surface area contributed by atoms with Gasteiger partial charge in [0, 0.05) is 44.5 Å². The normalized spacial score (nSPS) is 24.5. The number of likely N-dealkylation sites (tertiary alicyclic amines) is 2. The molecule has 1 aromatic rings. The highest BCUT2D eigenvalue weighted by Crippen LogP contribution is 2.26. The van der Waals surface area contributed by atoms with Crippen molar-refractivity contribution in [1.82, 2.24) is 19.7 Å².